The van der Waals surface area contributed by atoms with Crippen LogP contribution < -0.4 is 5.73 Å². The second kappa shape index (κ2) is 4.97. The van der Waals surface area contributed by atoms with Crippen molar-refractivity contribution in [2.75, 3.05) is 13.1 Å². The number of nitrogens with zero attached hydrogens (tertiary/aromatic N) is 2. The maximum atomic E-state index is 6.24. The van der Waals surface area contributed by atoms with Crippen LogP contribution in [-0.4, -0.2) is 35.9 Å². The molecule has 0 aromatic heterocycles. The Morgan fingerprint density at radius 3 is 2.59 bits per heavy atom. The summed E-state index contributed by atoms with van der Waals surface area (Å²) in [6.45, 7) is 2.54. The first-order valence-electron chi connectivity index (χ1n) is 7.42. The van der Waals surface area contributed by atoms with Crippen LogP contribution in [0.4, 0.5) is 0 Å². The second-order valence-electron chi connectivity index (χ2n) is 5.99. The zero-order valence-electron chi connectivity index (χ0n) is 10.8. The molecule has 3 fully saturated rings. The summed E-state index contributed by atoms with van der Waals surface area (Å²) in [5, 5.41) is 0. The Morgan fingerprint density at radius 1 is 0.941 bits per heavy atom. The van der Waals surface area contributed by atoms with Crippen LogP contribution in [0.2, 0.25) is 0 Å². The van der Waals surface area contributed by atoms with Gasteiger partial charge in [-0.15, -0.1) is 0 Å². The molecule has 2 heterocycles. The van der Waals surface area contributed by atoms with Crippen LogP contribution in [0.5, 0.6) is 0 Å². The molecule has 2 atom stereocenters. The van der Waals surface area contributed by atoms with E-state index < -0.39 is 0 Å². The molecule has 1 saturated carbocycles. The average molecular weight is 235 g/mol. The molecule has 3 nitrogen and oxygen atoms in total. The van der Waals surface area contributed by atoms with Gasteiger partial charge in [0, 0.05) is 18.5 Å². The normalized spacial score (nSPS) is 36.4. The van der Waals surface area contributed by atoms with Gasteiger partial charge in [0.05, 0.1) is 11.9 Å². The van der Waals surface area contributed by atoms with Crippen molar-refractivity contribution in [1.29, 1.82) is 0 Å². The maximum Gasteiger partial charge on any atom is 0.0972 e. The number of fused-ring (bicyclic) bond motifs is 1. The Labute approximate surface area is 104 Å². The van der Waals surface area contributed by atoms with E-state index in [1.807, 2.05) is 0 Å². The minimum absolute atomic E-state index is 0.513. The van der Waals surface area contributed by atoms with Gasteiger partial charge in [0.15, 0.2) is 0 Å². The molecule has 0 aromatic carbocycles. The lowest BCUT2D eigenvalue weighted by Gasteiger charge is -2.23. The molecule has 2 N–H and O–H groups in total. The SMILES string of the molecule is NC(=NC1CCN2CCCC12)C1CCCCC1. The first-order chi connectivity index (χ1) is 8.34. The predicted molar refractivity (Wildman–Crippen MR) is 71.2 cm³/mol. The number of hydrogen-bond acceptors (Lipinski definition) is 2. The monoisotopic (exact) mass is 235 g/mol. The van der Waals surface area contributed by atoms with Crippen LogP contribution in [0.25, 0.3) is 0 Å². The summed E-state index contributed by atoms with van der Waals surface area (Å²) in [5.41, 5.74) is 6.24. The standard InChI is InChI=1S/C14H25N3/c15-14(11-5-2-1-3-6-11)16-12-8-10-17-9-4-7-13(12)17/h11-13H,1-10H2,(H2,15,16). The van der Waals surface area contributed by atoms with E-state index in [0.29, 0.717) is 12.0 Å². The summed E-state index contributed by atoms with van der Waals surface area (Å²) in [6, 6.07) is 1.23. The number of nitrogens with two attached hydrogens (primary N) is 1. The smallest absolute Gasteiger partial charge is 0.0972 e. The molecule has 96 valence electrons. The molecular weight excluding hydrogens is 210 g/mol. The van der Waals surface area contributed by atoms with Crippen LogP contribution in [0, 0.1) is 5.92 Å². The average Bonchev–Trinajstić information content (AvgIpc) is 2.95. The minimum Gasteiger partial charge on any atom is -0.387 e. The van der Waals surface area contributed by atoms with Gasteiger partial charge >= 0.3 is 0 Å². The van der Waals surface area contributed by atoms with E-state index in [-0.39, 0.29) is 0 Å². The Bertz CT molecular complexity index is 294. The summed E-state index contributed by atoms with van der Waals surface area (Å²) in [4.78, 5) is 7.51. The largest absolute Gasteiger partial charge is 0.387 e. The van der Waals surface area contributed by atoms with Crippen molar-refractivity contribution in [2.45, 2.75) is 63.5 Å². The van der Waals surface area contributed by atoms with E-state index in [2.05, 4.69) is 4.90 Å². The van der Waals surface area contributed by atoms with Crippen LogP contribution in [0.1, 0.15) is 51.4 Å². The Hall–Kier alpha value is -0.570. The summed E-state index contributed by atoms with van der Waals surface area (Å²) in [5.74, 6) is 1.57. The van der Waals surface area contributed by atoms with Crippen LogP contribution in [0.3, 0.4) is 0 Å². The van der Waals surface area contributed by atoms with Crippen molar-refractivity contribution in [1.82, 2.24) is 4.90 Å². The molecule has 0 amide bonds. The van der Waals surface area contributed by atoms with Crippen molar-refractivity contribution in [2.24, 2.45) is 16.6 Å². The van der Waals surface area contributed by atoms with Crippen LogP contribution in [0.15, 0.2) is 4.99 Å². The van der Waals surface area contributed by atoms with Crippen molar-refractivity contribution in [3.05, 3.63) is 0 Å². The van der Waals surface area contributed by atoms with Gasteiger partial charge in [0.2, 0.25) is 0 Å². The fourth-order valence-electron chi connectivity index (χ4n) is 3.90. The van der Waals surface area contributed by atoms with Gasteiger partial charge in [-0.2, -0.15) is 0 Å². The topological polar surface area (TPSA) is 41.6 Å². The number of hydrogen-bond donors (Lipinski definition) is 1. The Balaban J connectivity index is 1.64. The highest BCUT2D eigenvalue weighted by atomic mass is 15.2. The molecule has 1 aliphatic carbocycles. The highest BCUT2D eigenvalue weighted by Crippen LogP contribution is 2.31. The lowest BCUT2D eigenvalue weighted by Crippen LogP contribution is -2.32. The third-order valence-electron chi connectivity index (χ3n) is 4.91. The van der Waals surface area contributed by atoms with Gasteiger partial charge in [0.25, 0.3) is 0 Å². The van der Waals surface area contributed by atoms with Gasteiger partial charge in [-0.05, 0) is 38.6 Å². The summed E-state index contributed by atoms with van der Waals surface area (Å²) < 4.78 is 0. The van der Waals surface area contributed by atoms with Gasteiger partial charge in [-0.25, -0.2) is 0 Å². The zero-order chi connectivity index (χ0) is 11.7. The first-order valence-corrected chi connectivity index (χ1v) is 7.42. The van der Waals surface area contributed by atoms with Crippen molar-refractivity contribution < 1.29 is 0 Å². The predicted octanol–water partition coefficient (Wildman–Crippen LogP) is 2.16. The zero-order valence-corrected chi connectivity index (χ0v) is 10.8. The molecule has 2 saturated heterocycles. The molecule has 3 rings (SSSR count). The van der Waals surface area contributed by atoms with Gasteiger partial charge in [-0.3, -0.25) is 9.89 Å². The summed E-state index contributed by atoms with van der Waals surface area (Å²) in [7, 11) is 0. The fraction of sp³-hybridized carbons (Fsp3) is 0.929. The minimum atomic E-state index is 0.513. The molecule has 0 bridgehead atoms. The van der Waals surface area contributed by atoms with E-state index in [9.17, 15) is 0 Å². The lowest BCUT2D eigenvalue weighted by molar-refractivity contribution is 0.314. The molecule has 2 aliphatic heterocycles. The van der Waals surface area contributed by atoms with Crippen LogP contribution in [-0.2, 0) is 0 Å². The molecule has 17 heavy (non-hydrogen) atoms. The molecule has 0 spiro atoms. The molecule has 0 radical (unpaired) electrons. The van der Waals surface area contributed by atoms with E-state index in [1.165, 1.54) is 64.5 Å². The quantitative estimate of drug-likeness (QED) is 0.588. The van der Waals surface area contributed by atoms with Crippen molar-refractivity contribution in [3.63, 3.8) is 0 Å². The Kier molecular flexibility index (Phi) is 3.37. The number of aliphatic imine (C=N–C) groups is 1. The van der Waals surface area contributed by atoms with Crippen LogP contribution >= 0.6 is 0 Å². The highest BCUT2D eigenvalue weighted by molar-refractivity contribution is 5.83. The molecular formula is C14H25N3. The van der Waals surface area contributed by atoms with E-state index in [4.69, 9.17) is 10.7 Å². The second-order valence-corrected chi connectivity index (χ2v) is 5.99. The Morgan fingerprint density at radius 2 is 1.76 bits per heavy atom. The summed E-state index contributed by atoms with van der Waals surface area (Å²) in [6.07, 6.45) is 10.6. The maximum absolute atomic E-state index is 6.24. The van der Waals surface area contributed by atoms with E-state index in [0.717, 1.165) is 11.9 Å². The van der Waals surface area contributed by atoms with Gasteiger partial charge < -0.3 is 5.73 Å². The van der Waals surface area contributed by atoms with Crippen molar-refractivity contribution in [3.8, 4) is 0 Å². The third kappa shape index (κ3) is 2.35. The highest BCUT2D eigenvalue weighted by Gasteiger charge is 2.37. The van der Waals surface area contributed by atoms with Crippen molar-refractivity contribution >= 4 is 5.84 Å². The molecule has 2 unspecified atom stereocenters. The van der Waals surface area contributed by atoms with E-state index >= 15 is 0 Å². The van der Waals surface area contributed by atoms with E-state index in [1.54, 1.807) is 0 Å². The van der Waals surface area contributed by atoms with Gasteiger partial charge in [-0.1, -0.05) is 19.3 Å². The lowest BCUT2D eigenvalue weighted by atomic mass is 9.88. The van der Waals surface area contributed by atoms with Gasteiger partial charge in [0.1, 0.15) is 0 Å². The molecule has 0 aromatic rings. The summed E-state index contributed by atoms with van der Waals surface area (Å²) >= 11 is 0. The number of amidine groups is 1. The number of rotatable bonds is 2. The fourth-order valence-corrected chi connectivity index (χ4v) is 3.90. The first kappa shape index (κ1) is 11.5. The molecule has 3 heteroatoms. The third-order valence-corrected chi connectivity index (χ3v) is 4.91. The molecule has 3 aliphatic rings.